The molecule has 5 nitrogen and oxygen atoms in total. The summed E-state index contributed by atoms with van der Waals surface area (Å²) >= 11 is 0. The molecule has 0 bridgehead atoms. The zero-order valence-electron chi connectivity index (χ0n) is 15.8. The van der Waals surface area contributed by atoms with E-state index < -0.39 is 14.6 Å². The summed E-state index contributed by atoms with van der Waals surface area (Å²) in [7, 11) is -1.54. The van der Waals surface area contributed by atoms with Crippen LogP contribution in [0.25, 0.3) is 0 Å². The summed E-state index contributed by atoms with van der Waals surface area (Å²) in [5.74, 6) is 0.392. The topological polar surface area (TPSA) is 70.6 Å². The lowest BCUT2D eigenvalue weighted by Gasteiger charge is -2.21. The lowest BCUT2D eigenvalue weighted by Crippen LogP contribution is -2.44. The average molecular weight is 497 g/mol. The van der Waals surface area contributed by atoms with Crippen LogP contribution in [0.5, 0.6) is 0 Å². The zero-order chi connectivity index (χ0) is 18.7. The molecule has 2 N–H and O–H groups in total. The quantitative estimate of drug-likeness (QED) is 0.361. The van der Waals surface area contributed by atoms with E-state index in [9.17, 15) is 12.8 Å². The van der Waals surface area contributed by atoms with Gasteiger partial charge in [0.15, 0.2) is 15.8 Å². The second-order valence-electron chi connectivity index (χ2n) is 7.54. The molecule has 1 aliphatic rings. The number of nitrogens with zero attached hydrogens (tertiary/aromatic N) is 1. The predicted molar refractivity (Wildman–Crippen MR) is 116 cm³/mol. The lowest BCUT2D eigenvalue weighted by atomic mass is 9.95. The van der Waals surface area contributed by atoms with Crippen molar-refractivity contribution in [1.82, 2.24) is 10.6 Å². The zero-order valence-corrected chi connectivity index (χ0v) is 18.9. The third-order valence-electron chi connectivity index (χ3n) is 4.71. The van der Waals surface area contributed by atoms with Gasteiger partial charge in [-0.25, -0.2) is 12.8 Å². The van der Waals surface area contributed by atoms with Gasteiger partial charge >= 0.3 is 0 Å². The first-order valence-electron chi connectivity index (χ1n) is 8.53. The van der Waals surface area contributed by atoms with E-state index in [4.69, 9.17) is 0 Å². The molecule has 0 radical (unpaired) electrons. The summed E-state index contributed by atoms with van der Waals surface area (Å²) in [5, 5.41) is 6.23. The molecule has 1 aromatic carbocycles. The summed E-state index contributed by atoms with van der Waals surface area (Å²) in [6.07, 6.45) is 1.85. The molecule has 1 saturated carbocycles. The highest BCUT2D eigenvalue weighted by Crippen LogP contribution is 2.48. The van der Waals surface area contributed by atoms with Crippen molar-refractivity contribution in [3.63, 3.8) is 0 Å². The Hall–Kier alpha value is -0.900. The molecule has 8 heteroatoms. The summed E-state index contributed by atoms with van der Waals surface area (Å²) in [6.45, 7) is 5.94. The van der Waals surface area contributed by atoms with Crippen molar-refractivity contribution in [1.29, 1.82) is 0 Å². The Bertz CT molecular complexity index is 741. The highest BCUT2D eigenvalue weighted by molar-refractivity contribution is 14.0. The molecule has 0 unspecified atom stereocenters. The fourth-order valence-electron chi connectivity index (χ4n) is 2.67. The van der Waals surface area contributed by atoms with E-state index in [1.165, 1.54) is 6.07 Å². The van der Waals surface area contributed by atoms with Crippen molar-refractivity contribution in [2.24, 2.45) is 4.99 Å². The van der Waals surface area contributed by atoms with Gasteiger partial charge in [0.1, 0.15) is 5.82 Å². The summed E-state index contributed by atoms with van der Waals surface area (Å²) < 4.78 is 37.5. The number of hydrogen-bond acceptors (Lipinski definition) is 3. The molecule has 0 saturated heterocycles. The van der Waals surface area contributed by atoms with Crippen LogP contribution in [-0.4, -0.2) is 45.0 Å². The Kier molecular flexibility index (Phi) is 7.88. The molecule has 26 heavy (non-hydrogen) atoms. The van der Waals surface area contributed by atoms with Gasteiger partial charge < -0.3 is 10.6 Å². The molecule has 1 aliphatic carbocycles. The Balaban J connectivity index is 0.00000338. The summed E-state index contributed by atoms with van der Waals surface area (Å²) in [4.78, 5) is 4.12. The van der Waals surface area contributed by atoms with Crippen LogP contribution in [0.15, 0.2) is 29.3 Å². The van der Waals surface area contributed by atoms with E-state index >= 15 is 0 Å². The molecule has 0 aromatic heterocycles. The molecule has 2 rings (SSSR count). The Labute approximate surface area is 173 Å². The van der Waals surface area contributed by atoms with E-state index in [1.807, 2.05) is 12.1 Å². The smallest absolute Gasteiger partial charge is 0.191 e. The fraction of sp³-hybridized carbons (Fsp3) is 0.611. The van der Waals surface area contributed by atoms with Crippen molar-refractivity contribution in [2.45, 2.75) is 43.8 Å². The Morgan fingerprint density at radius 2 is 1.85 bits per heavy atom. The van der Waals surface area contributed by atoms with Gasteiger partial charge in [-0.2, -0.15) is 0 Å². The van der Waals surface area contributed by atoms with Crippen LogP contribution in [0.4, 0.5) is 4.39 Å². The number of rotatable bonds is 6. The van der Waals surface area contributed by atoms with Gasteiger partial charge in [0.2, 0.25) is 0 Å². The molecule has 0 heterocycles. The average Bonchev–Trinajstić information content (AvgIpc) is 3.31. The minimum atomic E-state index is -3.18. The van der Waals surface area contributed by atoms with Gasteiger partial charge in [-0.05, 0) is 45.2 Å². The van der Waals surface area contributed by atoms with Gasteiger partial charge in [-0.1, -0.05) is 18.2 Å². The first-order chi connectivity index (χ1) is 11.6. The van der Waals surface area contributed by atoms with Crippen LogP contribution in [0.3, 0.4) is 0 Å². The Morgan fingerprint density at radius 1 is 1.23 bits per heavy atom. The molecule has 1 aromatic rings. The molecule has 0 atom stereocenters. The van der Waals surface area contributed by atoms with E-state index in [0.717, 1.165) is 18.4 Å². The van der Waals surface area contributed by atoms with Crippen LogP contribution in [0, 0.1) is 5.82 Å². The van der Waals surface area contributed by atoms with Crippen molar-refractivity contribution in [3.8, 4) is 0 Å². The molecule has 0 amide bonds. The van der Waals surface area contributed by atoms with Crippen molar-refractivity contribution in [2.75, 3.05) is 25.9 Å². The first kappa shape index (κ1) is 23.1. The molecular weight excluding hydrogens is 468 g/mol. The number of halogens is 2. The van der Waals surface area contributed by atoms with Gasteiger partial charge in [0, 0.05) is 25.6 Å². The Morgan fingerprint density at radius 3 is 2.35 bits per heavy atom. The first-order valence-corrected chi connectivity index (χ1v) is 10.2. The van der Waals surface area contributed by atoms with Crippen molar-refractivity contribution in [3.05, 3.63) is 35.6 Å². The summed E-state index contributed by atoms with van der Waals surface area (Å²) in [6, 6.07) is 6.86. The molecule has 148 valence electrons. The van der Waals surface area contributed by atoms with Crippen LogP contribution < -0.4 is 10.6 Å². The summed E-state index contributed by atoms with van der Waals surface area (Å²) in [5.41, 5.74) is 0.536. The standard InChI is InChI=1S/C18H28FN3O2S.HI/c1-17(2,3)25(23,24)12-11-21-16(20-4)22-13-18(9-10-18)14-7-5-6-8-15(14)19;/h5-8H,9-13H2,1-4H3,(H2,20,21,22);1H. The maximum atomic E-state index is 14.0. The number of hydrogen-bond donors (Lipinski definition) is 2. The normalized spacial score (nSPS) is 16.6. The highest BCUT2D eigenvalue weighted by atomic mass is 127. The van der Waals surface area contributed by atoms with Crippen LogP contribution in [0.2, 0.25) is 0 Å². The maximum Gasteiger partial charge on any atom is 0.191 e. The highest BCUT2D eigenvalue weighted by Gasteiger charge is 2.45. The third-order valence-corrected chi connectivity index (χ3v) is 7.32. The molecule has 0 spiro atoms. The second kappa shape index (κ2) is 8.86. The SMILES string of the molecule is CN=C(NCCS(=O)(=O)C(C)(C)C)NCC1(c2ccccc2F)CC1.I. The van der Waals surface area contributed by atoms with Crippen LogP contribution in [0.1, 0.15) is 39.2 Å². The van der Waals surface area contributed by atoms with Gasteiger partial charge in [0.25, 0.3) is 0 Å². The minimum absolute atomic E-state index is 0. The molecule has 0 aliphatic heterocycles. The minimum Gasteiger partial charge on any atom is -0.356 e. The maximum absolute atomic E-state index is 14.0. The van der Waals surface area contributed by atoms with E-state index in [1.54, 1.807) is 33.9 Å². The monoisotopic (exact) mass is 497 g/mol. The van der Waals surface area contributed by atoms with Gasteiger partial charge in [-0.3, -0.25) is 4.99 Å². The number of aliphatic imine (C=N–C) groups is 1. The van der Waals surface area contributed by atoms with E-state index in [2.05, 4.69) is 15.6 Å². The van der Waals surface area contributed by atoms with Gasteiger partial charge in [-0.15, -0.1) is 24.0 Å². The van der Waals surface area contributed by atoms with Crippen LogP contribution >= 0.6 is 24.0 Å². The fourth-order valence-corrected chi connectivity index (χ4v) is 3.65. The van der Waals surface area contributed by atoms with Crippen LogP contribution in [-0.2, 0) is 15.3 Å². The lowest BCUT2D eigenvalue weighted by molar-refractivity contribution is 0.555. The largest absolute Gasteiger partial charge is 0.356 e. The number of sulfone groups is 1. The van der Waals surface area contributed by atoms with Crippen molar-refractivity contribution < 1.29 is 12.8 Å². The van der Waals surface area contributed by atoms with E-state index in [-0.39, 0.29) is 47.5 Å². The van der Waals surface area contributed by atoms with E-state index in [0.29, 0.717) is 12.5 Å². The number of nitrogens with one attached hydrogen (secondary N) is 2. The third kappa shape index (κ3) is 5.55. The predicted octanol–water partition coefficient (Wildman–Crippen LogP) is 2.85. The number of guanidine groups is 1. The van der Waals surface area contributed by atoms with Crippen molar-refractivity contribution >= 4 is 39.8 Å². The van der Waals surface area contributed by atoms with Gasteiger partial charge in [0.05, 0.1) is 10.5 Å². The molecular formula is C18H29FIN3O2S. The second-order valence-corrected chi connectivity index (χ2v) is 10.4. The number of benzene rings is 1. The molecule has 1 fully saturated rings.